The van der Waals surface area contributed by atoms with Gasteiger partial charge in [-0.05, 0) is 55.0 Å². The van der Waals surface area contributed by atoms with Crippen molar-refractivity contribution in [3.8, 4) is 5.75 Å². The number of pyridine rings is 1. The molecule has 3 aromatic rings. The van der Waals surface area contributed by atoms with Crippen LogP contribution >= 0.6 is 0 Å². The lowest BCUT2D eigenvalue weighted by Crippen LogP contribution is -2.37. The number of carbonyl (C=O) groups is 2. The molecule has 0 fully saturated rings. The number of hydrogen-bond acceptors (Lipinski definition) is 6. The second-order valence-electron chi connectivity index (χ2n) is 7.33. The van der Waals surface area contributed by atoms with Crippen molar-refractivity contribution in [3.05, 3.63) is 84.2 Å². The van der Waals surface area contributed by atoms with Crippen molar-refractivity contribution in [1.29, 1.82) is 0 Å². The molecule has 2 aromatic carbocycles. The van der Waals surface area contributed by atoms with Gasteiger partial charge in [-0.1, -0.05) is 18.2 Å². The first-order valence-electron chi connectivity index (χ1n) is 10.5. The second-order valence-corrected chi connectivity index (χ2v) is 9.24. The van der Waals surface area contributed by atoms with Crippen LogP contribution in [0.25, 0.3) is 0 Å². The molecular weight excluding hydrogens is 456 g/mol. The van der Waals surface area contributed by atoms with Gasteiger partial charge in [-0.3, -0.25) is 18.9 Å². The van der Waals surface area contributed by atoms with Crippen molar-refractivity contribution in [2.24, 2.45) is 0 Å². The lowest BCUT2D eigenvalue weighted by atomic mass is 10.1. The molecule has 3 rings (SSSR count). The topological polar surface area (TPSA) is 118 Å². The van der Waals surface area contributed by atoms with Crippen LogP contribution in [0.3, 0.4) is 0 Å². The van der Waals surface area contributed by atoms with E-state index >= 15 is 0 Å². The van der Waals surface area contributed by atoms with Crippen LogP contribution in [0.15, 0.2) is 73.1 Å². The average Bonchev–Trinajstić information content (AvgIpc) is 2.82. The smallest absolute Gasteiger partial charge is 0.253 e. The zero-order valence-electron chi connectivity index (χ0n) is 18.9. The van der Waals surface area contributed by atoms with Crippen LogP contribution in [0.5, 0.6) is 5.75 Å². The predicted molar refractivity (Wildman–Crippen MR) is 130 cm³/mol. The molecule has 2 amide bonds. The summed E-state index contributed by atoms with van der Waals surface area (Å²) in [5, 5.41) is 5.44. The van der Waals surface area contributed by atoms with E-state index in [9.17, 15) is 18.0 Å². The number of sulfonamides is 1. The van der Waals surface area contributed by atoms with Gasteiger partial charge in [0, 0.05) is 18.9 Å². The summed E-state index contributed by atoms with van der Waals surface area (Å²) in [4.78, 5) is 29.5. The molecule has 0 aliphatic heterocycles. The monoisotopic (exact) mass is 482 g/mol. The van der Waals surface area contributed by atoms with Gasteiger partial charge in [0.1, 0.15) is 12.3 Å². The van der Waals surface area contributed by atoms with E-state index in [2.05, 4.69) is 15.6 Å². The minimum atomic E-state index is -3.75. The number of nitrogens with one attached hydrogen (secondary N) is 2. The quantitative estimate of drug-likeness (QED) is 0.459. The molecule has 0 saturated carbocycles. The maximum absolute atomic E-state index is 12.8. The van der Waals surface area contributed by atoms with Crippen molar-refractivity contribution in [3.63, 3.8) is 0 Å². The average molecular weight is 483 g/mol. The van der Waals surface area contributed by atoms with E-state index < -0.39 is 22.5 Å². The fourth-order valence-corrected chi connectivity index (χ4v) is 4.02. The predicted octanol–water partition coefficient (Wildman–Crippen LogP) is 2.82. The summed E-state index contributed by atoms with van der Waals surface area (Å²) >= 11 is 0. The van der Waals surface area contributed by atoms with Crippen LogP contribution in [0.4, 0.5) is 11.4 Å². The highest BCUT2D eigenvalue weighted by atomic mass is 32.2. The Bertz CT molecular complexity index is 1230. The third-order valence-electron chi connectivity index (χ3n) is 4.74. The summed E-state index contributed by atoms with van der Waals surface area (Å²) in [5.74, 6) is -0.381. The molecule has 0 unspecified atom stereocenters. The van der Waals surface area contributed by atoms with Gasteiger partial charge in [-0.2, -0.15) is 0 Å². The van der Waals surface area contributed by atoms with Gasteiger partial charge in [0.05, 0.1) is 29.8 Å². The standard InChI is InChI=1S/C24H26N4O5S/c1-3-33-20-12-10-19(11-13-20)28(34(2,31)32)17-23(29)27-22-9-5-4-8-21(22)24(30)26-16-18-7-6-14-25-15-18/h4-15H,3,16-17H2,1-2H3,(H,26,30)(H,27,29). The summed E-state index contributed by atoms with van der Waals surface area (Å²) in [7, 11) is -3.75. The third-order valence-corrected chi connectivity index (χ3v) is 5.89. The molecule has 0 aliphatic carbocycles. The molecule has 178 valence electrons. The Morgan fingerprint density at radius 2 is 1.76 bits per heavy atom. The van der Waals surface area contributed by atoms with Crippen LogP contribution < -0.4 is 19.7 Å². The molecule has 1 heterocycles. The number of aromatic nitrogens is 1. The number of hydrogen-bond donors (Lipinski definition) is 2. The van der Waals surface area contributed by atoms with Gasteiger partial charge >= 0.3 is 0 Å². The van der Waals surface area contributed by atoms with Gasteiger partial charge in [-0.15, -0.1) is 0 Å². The maximum atomic E-state index is 12.8. The Labute approximate surface area is 198 Å². The van der Waals surface area contributed by atoms with Crippen LogP contribution in [-0.2, 0) is 21.4 Å². The number of carbonyl (C=O) groups excluding carboxylic acids is 2. The highest BCUT2D eigenvalue weighted by molar-refractivity contribution is 7.92. The Morgan fingerprint density at radius 1 is 1.03 bits per heavy atom. The molecule has 0 radical (unpaired) electrons. The van der Waals surface area contributed by atoms with Crippen molar-refractivity contribution in [2.75, 3.05) is 29.0 Å². The largest absolute Gasteiger partial charge is 0.494 e. The fraction of sp³-hybridized carbons (Fsp3) is 0.208. The zero-order valence-corrected chi connectivity index (χ0v) is 19.7. The van der Waals surface area contributed by atoms with Crippen molar-refractivity contribution in [1.82, 2.24) is 10.3 Å². The van der Waals surface area contributed by atoms with E-state index in [0.29, 0.717) is 18.0 Å². The van der Waals surface area contributed by atoms with E-state index in [-0.39, 0.29) is 23.7 Å². The lowest BCUT2D eigenvalue weighted by Gasteiger charge is -2.22. The summed E-state index contributed by atoms with van der Waals surface area (Å²) in [6.07, 6.45) is 4.31. The molecule has 1 aromatic heterocycles. The number of para-hydroxylation sites is 1. The summed E-state index contributed by atoms with van der Waals surface area (Å²) in [6.45, 7) is 2.14. The van der Waals surface area contributed by atoms with E-state index in [1.165, 1.54) is 0 Å². The number of anilines is 2. The molecule has 0 aliphatic rings. The number of nitrogens with zero attached hydrogens (tertiary/aromatic N) is 2. The van der Waals surface area contributed by atoms with Crippen LogP contribution in [-0.4, -0.2) is 44.6 Å². The van der Waals surface area contributed by atoms with E-state index in [4.69, 9.17) is 4.74 Å². The lowest BCUT2D eigenvalue weighted by molar-refractivity contribution is -0.114. The minimum Gasteiger partial charge on any atom is -0.494 e. The van der Waals surface area contributed by atoms with E-state index in [0.717, 1.165) is 16.1 Å². The molecule has 10 heteroatoms. The van der Waals surface area contributed by atoms with Gasteiger partial charge in [0.15, 0.2) is 0 Å². The zero-order chi connectivity index (χ0) is 24.6. The summed E-state index contributed by atoms with van der Waals surface area (Å²) in [6, 6.07) is 16.5. The van der Waals surface area contributed by atoms with Crippen LogP contribution in [0, 0.1) is 0 Å². The Balaban J connectivity index is 1.72. The van der Waals surface area contributed by atoms with Crippen molar-refractivity contribution >= 4 is 33.2 Å². The summed E-state index contributed by atoms with van der Waals surface area (Å²) < 4.78 is 31.1. The number of amides is 2. The first-order valence-corrected chi connectivity index (χ1v) is 12.4. The Kier molecular flexibility index (Phi) is 8.20. The first-order chi connectivity index (χ1) is 16.3. The van der Waals surface area contributed by atoms with Gasteiger partial charge < -0.3 is 15.4 Å². The first kappa shape index (κ1) is 24.7. The van der Waals surface area contributed by atoms with Gasteiger partial charge in [0.25, 0.3) is 5.91 Å². The minimum absolute atomic E-state index is 0.256. The molecule has 0 spiro atoms. The normalized spacial score (nSPS) is 10.9. The van der Waals surface area contributed by atoms with Crippen LogP contribution in [0.2, 0.25) is 0 Å². The molecule has 0 atom stereocenters. The SMILES string of the molecule is CCOc1ccc(N(CC(=O)Nc2ccccc2C(=O)NCc2cccnc2)S(C)(=O)=O)cc1. The third kappa shape index (κ3) is 6.79. The van der Waals surface area contributed by atoms with Crippen molar-refractivity contribution < 1.29 is 22.7 Å². The van der Waals surface area contributed by atoms with Gasteiger partial charge in [-0.25, -0.2) is 8.42 Å². The number of rotatable bonds is 10. The van der Waals surface area contributed by atoms with Crippen molar-refractivity contribution in [2.45, 2.75) is 13.5 Å². The molecule has 9 nitrogen and oxygen atoms in total. The maximum Gasteiger partial charge on any atom is 0.253 e. The Hall–Kier alpha value is -3.92. The molecule has 34 heavy (non-hydrogen) atoms. The van der Waals surface area contributed by atoms with Crippen LogP contribution in [0.1, 0.15) is 22.8 Å². The fourth-order valence-electron chi connectivity index (χ4n) is 3.17. The number of ether oxygens (including phenoxy) is 1. The van der Waals surface area contributed by atoms with E-state index in [1.54, 1.807) is 67.0 Å². The molecule has 2 N–H and O–H groups in total. The second kappa shape index (κ2) is 11.3. The van der Waals surface area contributed by atoms with E-state index in [1.807, 2.05) is 13.0 Å². The number of benzene rings is 2. The molecule has 0 bridgehead atoms. The highest BCUT2D eigenvalue weighted by Crippen LogP contribution is 2.22. The highest BCUT2D eigenvalue weighted by Gasteiger charge is 2.22. The van der Waals surface area contributed by atoms with Gasteiger partial charge in [0.2, 0.25) is 15.9 Å². The molecule has 0 saturated heterocycles. The Morgan fingerprint density at radius 3 is 2.41 bits per heavy atom. The summed E-state index contributed by atoms with van der Waals surface area (Å²) in [5.41, 5.74) is 1.68. The molecular formula is C24H26N4O5S.